The maximum absolute atomic E-state index is 11.3. The molecule has 0 saturated heterocycles. The second kappa shape index (κ2) is 7.04. The zero-order chi connectivity index (χ0) is 15.2. The fraction of sp³-hybridized carbons (Fsp3) is 0.188. The van der Waals surface area contributed by atoms with Gasteiger partial charge in [-0.2, -0.15) is 0 Å². The van der Waals surface area contributed by atoms with Gasteiger partial charge in [0, 0.05) is 28.3 Å². The van der Waals surface area contributed by atoms with Gasteiger partial charge in [0.05, 0.1) is 4.92 Å². The van der Waals surface area contributed by atoms with Crippen molar-refractivity contribution in [1.82, 2.24) is 0 Å². The second-order valence-corrected chi connectivity index (χ2v) is 5.77. The third-order valence-corrected chi connectivity index (χ3v) is 4.04. The third-order valence-electron chi connectivity index (χ3n) is 3.05. The standard InChI is InChI=1S/C16H15NO3S/c1-12(18)14-3-2-4-16(11-14)21-10-9-13-5-7-15(8-6-13)17(19)20/h2-8,11H,9-10H2,1H3. The minimum atomic E-state index is -0.397. The molecule has 0 N–H and O–H groups in total. The molecule has 0 radical (unpaired) electrons. The maximum atomic E-state index is 11.3. The Balaban J connectivity index is 1.90. The Kier molecular flexibility index (Phi) is 5.11. The molecule has 5 heteroatoms. The Hall–Kier alpha value is -2.14. The van der Waals surface area contributed by atoms with Crippen LogP contribution in [-0.4, -0.2) is 16.5 Å². The van der Waals surface area contributed by atoms with Gasteiger partial charge in [-0.15, -0.1) is 11.8 Å². The number of carbonyl (C=O) groups is 1. The first-order valence-corrected chi connectivity index (χ1v) is 7.52. The third kappa shape index (κ3) is 4.43. The van der Waals surface area contributed by atoms with Gasteiger partial charge in [-0.25, -0.2) is 0 Å². The fourth-order valence-electron chi connectivity index (χ4n) is 1.88. The second-order valence-electron chi connectivity index (χ2n) is 4.61. The predicted octanol–water partition coefficient (Wildman–Crippen LogP) is 4.13. The van der Waals surface area contributed by atoms with E-state index in [1.165, 1.54) is 12.1 Å². The van der Waals surface area contributed by atoms with Crippen molar-refractivity contribution in [3.05, 3.63) is 69.8 Å². The minimum absolute atomic E-state index is 0.0628. The van der Waals surface area contributed by atoms with E-state index >= 15 is 0 Å². The number of nitrogens with zero attached hydrogens (tertiary/aromatic N) is 1. The molecule has 0 aliphatic heterocycles. The van der Waals surface area contributed by atoms with Crippen molar-refractivity contribution in [2.75, 3.05) is 5.75 Å². The summed E-state index contributed by atoms with van der Waals surface area (Å²) in [6, 6.07) is 14.2. The number of hydrogen-bond acceptors (Lipinski definition) is 4. The quantitative estimate of drug-likeness (QED) is 0.348. The van der Waals surface area contributed by atoms with Gasteiger partial charge in [-0.05, 0) is 31.0 Å². The molecule has 0 bridgehead atoms. The highest BCUT2D eigenvalue weighted by molar-refractivity contribution is 7.99. The fourth-order valence-corrected chi connectivity index (χ4v) is 2.83. The molecule has 2 aromatic carbocycles. The van der Waals surface area contributed by atoms with Gasteiger partial charge >= 0.3 is 0 Å². The van der Waals surface area contributed by atoms with Crippen LogP contribution < -0.4 is 0 Å². The molecule has 0 aliphatic rings. The summed E-state index contributed by atoms with van der Waals surface area (Å²) in [5.41, 5.74) is 1.90. The van der Waals surface area contributed by atoms with E-state index in [2.05, 4.69) is 0 Å². The number of ketones is 1. The van der Waals surface area contributed by atoms with Crippen LogP contribution in [0, 0.1) is 10.1 Å². The summed E-state index contributed by atoms with van der Waals surface area (Å²) in [7, 11) is 0. The number of non-ortho nitro benzene ring substituents is 1. The van der Waals surface area contributed by atoms with Gasteiger partial charge in [0.15, 0.2) is 5.78 Å². The van der Waals surface area contributed by atoms with Crippen LogP contribution >= 0.6 is 11.8 Å². The van der Waals surface area contributed by atoms with E-state index in [4.69, 9.17) is 0 Å². The van der Waals surface area contributed by atoms with Gasteiger partial charge in [0.25, 0.3) is 5.69 Å². The molecule has 0 fully saturated rings. The van der Waals surface area contributed by atoms with Crippen LogP contribution in [0.5, 0.6) is 0 Å². The van der Waals surface area contributed by atoms with E-state index in [0.29, 0.717) is 0 Å². The van der Waals surface area contributed by atoms with Gasteiger partial charge < -0.3 is 0 Å². The van der Waals surface area contributed by atoms with Gasteiger partial charge in [0.2, 0.25) is 0 Å². The highest BCUT2D eigenvalue weighted by Gasteiger charge is 2.04. The molecule has 108 valence electrons. The van der Waals surface area contributed by atoms with E-state index < -0.39 is 4.92 Å². The molecule has 0 unspecified atom stereocenters. The van der Waals surface area contributed by atoms with E-state index in [0.717, 1.165) is 28.2 Å². The lowest BCUT2D eigenvalue weighted by Crippen LogP contribution is -1.93. The number of carbonyl (C=O) groups excluding carboxylic acids is 1. The Morgan fingerprint density at radius 2 is 1.90 bits per heavy atom. The monoisotopic (exact) mass is 301 g/mol. The summed E-state index contributed by atoms with van der Waals surface area (Å²) in [6.07, 6.45) is 0.826. The smallest absolute Gasteiger partial charge is 0.269 e. The molecular weight excluding hydrogens is 286 g/mol. The molecule has 0 saturated carbocycles. The van der Waals surface area contributed by atoms with Crippen molar-refractivity contribution in [3.8, 4) is 0 Å². The number of Topliss-reactive ketones (excluding diaryl/α,β-unsaturated/α-hetero) is 1. The van der Waals surface area contributed by atoms with Crippen molar-refractivity contribution in [3.63, 3.8) is 0 Å². The van der Waals surface area contributed by atoms with Crippen molar-refractivity contribution >= 4 is 23.2 Å². The van der Waals surface area contributed by atoms with Gasteiger partial charge in [-0.1, -0.05) is 24.3 Å². The summed E-state index contributed by atoms with van der Waals surface area (Å²) in [4.78, 5) is 22.6. The van der Waals surface area contributed by atoms with Crippen LogP contribution in [0.25, 0.3) is 0 Å². The molecule has 0 aromatic heterocycles. The van der Waals surface area contributed by atoms with Crippen LogP contribution in [0.3, 0.4) is 0 Å². The normalized spacial score (nSPS) is 10.3. The summed E-state index contributed by atoms with van der Waals surface area (Å²) in [5.74, 6) is 0.923. The van der Waals surface area contributed by atoms with Crippen LogP contribution in [0.1, 0.15) is 22.8 Å². The molecular formula is C16H15NO3S. The van der Waals surface area contributed by atoms with Crippen LogP contribution in [0.15, 0.2) is 53.4 Å². The summed E-state index contributed by atoms with van der Waals surface area (Å²) in [6.45, 7) is 1.56. The number of nitro groups is 1. The number of benzene rings is 2. The van der Waals surface area contributed by atoms with Crippen molar-refractivity contribution in [2.45, 2.75) is 18.2 Å². The van der Waals surface area contributed by atoms with E-state index in [1.807, 2.05) is 24.3 Å². The first kappa shape index (κ1) is 15.3. The summed E-state index contributed by atoms with van der Waals surface area (Å²) in [5, 5.41) is 10.6. The van der Waals surface area contributed by atoms with Gasteiger partial charge in [0.1, 0.15) is 0 Å². The zero-order valence-electron chi connectivity index (χ0n) is 11.6. The Morgan fingerprint density at radius 1 is 1.19 bits per heavy atom. The average molecular weight is 301 g/mol. The largest absolute Gasteiger partial charge is 0.295 e. The van der Waals surface area contributed by atoms with Crippen LogP contribution in [0.4, 0.5) is 5.69 Å². The molecule has 2 aromatic rings. The first-order chi connectivity index (χ1) is 10.1. The number of aryl methyl sites for hydroxylation is 1. The highest BCUT2D eigenvalue weighted by Crippen LogP contribution is 2.21. The lowest BCUT2D eigenvalue weighted by atomic mass is 10.1. The number of rotatable bonds is 6. The Labute approximate surface area is 127 Å². The van der Waals surface area contributed by atoms with Gasteiger partial charge in [-0.3, -0.25) is 14.9 Å². The molecule has 2 rings (SSSR count). The highest BCUT2D eigenvalue weighted by atomic mass is 32.2. The Bertz CT molecular complexity index is 653. The lowest BCUT2D eigenvalue weighted by Gasteiger charge is -2.04. The molecule has 21 heavy (non-hydrogen) atoms. The topological polar surface area (TPSA) is 60.2 Å². The first-order valence-electron chi connectivity index (χ1n) is 6.53. The van der Waals surface area contributed by atoms with Crippen molar-refractivity contribution < 1.29 is 9.72 Å². The van der Waals surface area contributed by atoms with E-state index in [9.17, 15) is 14.9 Å². The molecule has 4 nitrogen and oxygen atoms in total. The van der Waals surface area contributed by atoms with E-state index in [-0.39, 0.29) is 11.5 Å². The summed E-state index contributed by atoms with van der Waals surface area (Å²) < 4.78 is 0. The molecule has 0 heterocycles. The molecule has 0 aliphatic carbocycles. The summed E-state index contributed by atoms with van der Waals surface area (Å²) >= 11 is 1.67. The molecule has 0 amide bonds. The van der Waals surface area contributed by atoms with E-state index in [1.54, 1.807) is 30.8 Å². The van der Waals surface area contributed by atoms with Crippen molar-refractivity contribution in [2.24, 2.45) is 0 Å². The Morgan fingerprint density at radius 3 is 2.52 bits per heavy atom. The zero-order valence-corrected chi connectivity index (χ0v) is 12.4. The predicted molar refractivity (Wildman–Crippen MR) is 84.0 cm³/mol. The molecule has 0 atom stereocenters. The SMILES string of the molecule is CC(=O)c1cccc(SCCc2ccc([N+](=O)[O-])cc2)c1. The molecule has 0 spiro atoms. The maximum Gasteiger partial charge on any atom is 0.269 e. The minimum Gasteiger partial charge on any atom is -0.295 e. The van der Waals surface area contributed by atoms with Crippen LogP contribution in [-0.2, 0) is 6.42 Å². The average Bonchev–Trinajstić information content (AvgIpc) is 2.48. The number of hydrogen-bond donors (Lipinski definition) is 0. The van der Waals surface area contributed by atoms with Crippen molar-refractivity contribution in [1.29, 1.82) is 0 Å². The van der Waals surface area contributed by atoms with Crippen LogP contribution in [0.2, 0.25) is 0 Å². The lowest BCUT2D eigenvalue weighted by molar-refractivity contribution is -0.384. The number of nitro benzene ring substituents is 1. The number of thioether (sulfide) groups is 1.